The van der Waals surface area contributed by atoms with Crippen molar-refractivity contribution in [3.05, 3.63) is 24.2 Å². The van der Waals surface area contributed by atoms with Crippen molar-refractivity contribution in [1.29, 1.82) is 0 Å². The van der Waals surface area contributed by atoms with Crippen molar-refractivity contribution in [2.24, 2.45) is 28.1 Å². The predicted octanol–water partition coefficient (Wildman–Crippen LogP) is 3.14. The lowest BCUT2D eigenvalue weighted by Gasteiger charge is -2.65. The highest BCUT2D eigenvalue weighted by Gasteiger charge is 2.88. The van der Waals surface area contributed by atoms with E-state index in [0.717, 1.165) is 18.4 Å². The molecule has 182 valence electrons. The first-order valence-electron chi connectivity index (χ1n) is 12.3. The molecule has 8 heteroatoms. The fraction of sp³-hybridized carbons (Fsp3) is 0.731. The van der Waals surface area contributed by atoms with E-state index in [0.29, 0.717) is 6.42 Å². The van der Waals surface area contributed by atoms with Gasteiger partial charge in [0.2, 0.25) is 0 Å². The minimum absolute atomic E-state index is 0.00319. The van der Waals surface area contributed by atoms with Crippen molar-refractivity contribution in [3.8, 4) is 0 Å². The first kappa shape index (κ1) is 21.1. The molecule has 0 N–H and O–H groups in total. The Balaban J connectivity index is 1.40. The van der Waals surface area contributed by atoms with Gasteiger partial charge in [-0.25, -0.2) is 4.79 Å². The van der Waals surface area contributed by atoms with Gasteiger partial charge in [-0.15, -0.1) is 0 Å². The van der Waals surface area contributed by atoms with Gasteiger partial charge in [-0.2, -0.15) is 0 Å². The van der Waals surface area contributed by atoms with Gasteiger partial charge >= 0.3 is 11.9 Å². The number of hydrogen-bond acceptors (Lipinski definition) is 8. The molecule has 0 bridgehead atoms. The minimum atomic E-state index is -0.839. The molecule has 1 aromatic rings. The molecule has 34 heavy (non-hydrogen) atoms. The molecule has 6 aliphatic rings. The lowest BCUT2D eigenvalue weighted by Crippen LogP contribution is -2.71. The minimum Gasteiger partial charge on any atom is -0.472 e. The number of Topliss-reactive ketones (excluding diaryl/α,β-unsaturated/α-hetero) is 1. The average Bonchev–Trinajstić information content (AvgIpc) is 3.23. The third-order valence-electron chi connectivity index (χ3n) is 10.5. The number of epoxide rings is 1. The summed E-state index contributed by atoms with van der Waals surface area (Å²) in [6.45, 7) is 8.32. The number of carbonyl (C=O) groups is 3. The summed E-state index contributed by atoms with van der Waals surface area (Å²) in [5.41, 5.74) is -2.51. The van der Waals surface area contributed by atoms with Crippen molar-refractivity contribution >= 4 is 17.7 Å². The van der Waals surface area contributed by atoms with Gasteiger partial charge in [0.1, 0.15) is 24.1 Å². The molecule has 8 nitrogen and oxygen atoms in total. The molecule has 0 aromatic carbocycles. The first-order chi connectivity index (χ1) is 16.0. The van der Waals surface area contributed by atoms with E-state index >= 15 is 0 Å². The van der Waals surface area contributed by atoms with Crippen molar-refractivity contribution in [3.63, 3.8) is 0 Å². The molecule has 2 aliphatic carbocycles. The number of ether oxygens (including phenoxy) is 4. The zero-order chi connectivity index (χ0) is 23.9. The Morgan fingerprint density at radius 3 is 2.53 bits per heavy atom. The second-order valence-electron chi connectivity index (χ2n) is 12.3. The molecule has 4 saturated heterocycles. The number of cyclic esters (lactones) is 2. The summed E-state index contributed by atoms with van der Waals surface area (Å²) in [5.74, 6) is -0.929. The van der Waals surface area contributed by atoms with Crippen LogP contribution in [0, 0.1) is 28.1 Å². The average molecular weight is 471 g/mol. The van der Waals surface area contributed by atoms with E-state index in [1.54, 1.807) is 12.5 Å². The van der Waals surface area contributed by atoms with Crippen LogP contribution in [0.5, 0.6) is 0 Å². The van der Waals surface area contributed by atoms with Crippen LogP contribution >= 0.6 is 0 Å². The van der Waals surface area contributed by atoms with Crippen molar-refractivity contribution in [2.45, 2.75) is 82.9 Å². The quantitative estimate of drug-likeness (QED) is 0.455. The van der Waals surface area contributed by atoms with Gasteiger partial charge in [-0.1, -0.05) is 13.8 Å². The maximum Gasteiger partial charge on any atom is 0.339 e. The van der Waals surface area contributed by atoms with E-state index in [1.807, 2.05) is 19.9 Å². The van der Waals surface area contributed by atoms with E-state index in [4.69, 9.17) is 23.4 Å². The van der Waals surface area contributed by atoms with Crippen LogP contribution in [-0.2, 0) is 33.3 Å². The van der Waals surface area contributed by atoms with E-state index < -0.39 is 39.7 Å². The second kappa shape index (κ2) is 5.95. The molecule has 0 amide bonds. The fourth-order valence-corrected chi connectivity index (χ4v) is 9.58. The van der Waals surface area contributed by atoms with Crippen LogP contribution < -0.4 is 0 Å². The lowest BCUT2D eigenvalue weighted by molar-refractivity contribution is -0.229. The third kappa shape index (κ3) is 2.05. The van der Waals surface area contributed by atoms with Crippen LogP contribution in [0.25, 0.3) is 0 Å². The van der Waals surface area contributed by atoms with Gasteiger partial charge in [-0.05, 0) is 38.7 Å². The highest BCUT2D eigenvalue weighted by atomic mass is 16.7. The third-order valence-corrected chi connectivity index (χ3v) is 10.5. The Morgan fingerprint density at radius 1 is 1.00 bits per heavy atom. The number of furan rings is 1. The highest BCUT2D eigenvalue weighted by Crippen LogP contribution is 2.80. The number of carbonyl (C=O) groups excluding carboxylic acids is 3. The van der Waals surface area contributed by atoms with E-state index in [1.165, 1.54) is 0 Å². The van der Waals surface area contributed by atoms with Crippen LogP contribution in [0.4, 0.5) is 0 Å². The summed E-state index contributed by atoms with van der Waals surface area (Å²) in [6, 6.07) is 1.83. The molecule has 1 aromatic heterocycles. The van der Waals surface area contributed by atoms with Gasteiger partial charge in [0.05, 0.1) is 36.6 Å². The maximum absolute atomic E-state index is 14.0. The Bertz CT molecular complexity index is 1120. The normalized spacial score (nSPS) is 52.4. The summed E-state index contributed by atoms with van der Waals surface area (Å²) < 4.78 is 29.8. The van der Waals surface area contributed by atoms with Gasteiger partial charge < -0.3 is 23.4 Å². The van der Waals surface area contributed by atoms with Crippen LogP contribution in [0.1, 0.15) is 65.0 Å². The van der Waals surface area contributed by atoms with Crippen molar-refractivity contribution in [1.82, 2.24) is 0 Å². The van der Waals surface area contributed by atoms with E-state index in [9.17, 15) is 14.4 Å². The molecule has 5 heterocycles. The monoisotopic (exact) mass is 470 g/mol. The molecule has 6 fully saturated rings. The van der Waals surface area contributed by atoms with Gasteiger partial charge in [0.25, 0.3) is 0 Å². The van der Waals surface area contributed by atoms with Crippen molar-refractivity contribution in [2.75, 3.05) is 6.61 Å². The topological polar surface area (TPSA) is 105 Å². The summed E-state index contributed by atoms with van der Waals surface area (Å²) in [4.78, 5) is 39.4. The number of esters is 2. The molecular formula is C26H30O8. The Kier molecular flexibility index (Phi) is 3.70. The predicted molar refractivity (Wildman–Crippen MR) is 114 cm³/mol. The molecule has 2 spiro atoms. The molecule has 2 saturated carbocycles. The first-order valence-corrected chi connectivity index (χ1v) is 12.3. The van der Waals surface area contributed by atoms with Crippen LogP contribution in [0.15, 0.2) is 23.0 Å². The van der Waals surface area contributed by atoms with Crippen LogP contribution in [0.2, 0.25) is 0 Å². The number of ketones is 1. The van der Waals surface area contributed by atoms with Gasteiger partial charge in [0, 0.05) is 28.2 Å². The SMILES string of the molecule is CC1(C)O[C@H]2CC(=O)OC[C@]23[C@H]2CC[C@@]4(C)[C@H](c5ccoc5)OC(=O)[C@H]5O[C@]54[C@]2(C)CC(=O)[C@@H]13. The Morgan fingerprint density at radius 2 is 1.79 bits per heavy atom. The van der Waals surface area contributed by atoms with Crippen LogP contribution in [0.3, 0.4) is 0 Å². The molecular weight excluding hydrogens is 440 g/mol. The fourth-order valence-electron chi connectivity index (χ4n) is 9.58. The number of hydrogen-bond donors (Lipinski definition) is 0. The highest BCUT2D eigenvalue weighted by molar-refractivity contribution is 5.88. The Hall–Kier alpha value is -2.19. The van der Waals surface area contributed by atoms with E-state index in [-0.39, 0.29) is 48.7 Å². The molecule has 7 rings (SSSR count). The zero-order valence-corrected chi connectivity index (χ0v) is 19.9. The molecule has 0 unspecified atom stereocenters. The molecule has 0 radical (unpaired) electrons. The lowest BCUT2D eigenvalue weighted by atomic mass is 9.37. The number of fused-ring (bicyclic) bond motifs is 1. The summed E-state index contributed by atoms with van der Waals surface area (Å²) in [7, 11) is 0. The van der Waals surface area contributed by atoms with Gasteiger partial charge in [-0.3, -0.25) is 9.59 Å². The van der Waals surface area contributed by atoms with Crippen molar-refractivity contribution < 1.29 is 37.7 Å². The van der Waals surface area contributed by atoms with Gasteiger partial charge in [0.15, 0.2) is 6.10 Å². The number of rotatable bonds is 1. The largest absolute Gasteiger partial charge is 0.472 e. The van der Waals surface area contributed by atoms with E-state index in [2.05, 4.69) is 13.8 Å². The summed E-state index contributed by atoms with van der Waals surface area (Å²) >= 11 is 0. The maximum atomic E-state index is 14.0. The summed E-state index contributed by atoms with van der Waals surface area (Å²) in [6.07, 6.45) is 3.59. The smallest absolute Gasteiger partial charge is 0.339 e. The standard InChI is InChI=1S/C26H30O8/c1-22(2)18-14(27)10-24(4)15(25(18)12-31-17(28)9-16(25)33-22)5-7-23(3)19(13-6-8-30-11-13)32-21(29)20-26(23,24)34-20/h6,8,11,15-16,18-20H,5,7,9-10,12H2,1-4H3/t15-,16-,18-,19-,20+,23-,24+,25-,26+/m0/s1. The molecule has 4 aliphatic heterocycles. The van der Waals surface area contributed by atoms with Crippen LogP contribution in [-0.4, -0.2) is 47.7 Å². The second-order valence-corrected chi connectivity index (χ2v) is 12.3. The summed E-state index contributed by atoms with van der Waals surface area (Å²) in [5, 5.41) is 0. The molecule has 9 atom stereocenters. The Labute approximate surface area is 197 Å². The zero-order valence-electron chi connectivity index (χ0n) is 19.9.